The summed E-state index contributed by atoms with van der Waals surface area (Å²) in [4.78, 5) is 24.9. The third kappa shape index (κ3) is 4.67. The van der Waals surface area contributed by atoms with Gasteiger partial charge in [0.15, 0.2) is 0 Å². The van der Waals surface area contributed by atoms with Crippen molar-refractivity contribution in [3.63, 3.8) is 0 Å². The Bertz CT molecular complexity index is 1410. The molecule has 0 unspecified atom stereocenters. The number of ether oxygens (including phenoxy) is 1. The van der Waals surface area contributed by atoms with Gasteiger partial charge in [-0.25, -0.2) is 9.97 Å². The fourth-order valence-corrected chi connectivity index (χ4v) is 4.31. The van der Waals surface area contributed by atoms with Crippen molar-refractivity contribution in [1.29, 1.82) is 0 Å². The number of fused-ring (bicyclic) bond motifs is 3. The average molecular weight is 484 g/mol. The molecule has 2 N–H and O–H groups in total. The van der Waals surface area contributed by atoms with Crippen LogP contribution < -0.4 is 15.0 Å². The lowest BCUT2D eigenvalue weighted by Gasteiger charge is -2.27. The molecule has 0 amide bonds. The molecule has 12 heteroatoms. The summed E-state index contributed by atoms with van der Waals surface area (Å²) < 4.78 is 41.4. The minimum absolute atomic E-state index is 0.00147. The summed E-state index contributed by atoms with van der Waals surface area (Å²) in [5.41, 5.74) is 3.31. The summed E-state index contributed by atoms with van der Waals surface area (Å²) in [5.74, 6) is -0.229. The van der Waals surface area contributed by atoms with E-state index < -0.39 is 11.3 Å². The van der Waals surface area contributed by atoms with Crippen molar-refractivity contribution < 1.29 is 22.8 Å². The zero-order chi connectivity index (χ0) is 24.6. The summed E-state index contributed by atoms with van der Waals surface area (Å²) in [5, 5.41) is 16.0. The van der Waals surface area contributed by atoms with Gasteiger partial charge in [-0.3, -0.25) is 10.1 Å². The highest BCUT2D eigenvalue weighted by Crippen LogP contribution is 2.36. The predicted octanol–water partition coefficient (Wildman–Crippen LogP) is 4.94. The Kier molecular flexibility index (Phi) is 5.63. The minimum Gasteiger partial charge on any atom is -0.406 e. The van der Waals surface area contributed by atoms with Crippen LogP contribution in [0.2, 0.25) is 0 Å². The van der Waals surface area contributed by atoms with Gasteiger partial charge in [0.05, 0.1) is 11.5 Å². The van der Waals surface area contributed by atoms with Crippen LogP contribution in [0.5, 0.6) is 5.75 Å². The lowest BCUT2D eigenvalue weighted by molar-refractivity contribution is -0.383. The van der Waals surface area contributed by atoms with Gasteiger partial charge >= 0.3 is 12.0 Å². The first-order chi connectivity index (χ1) is 16.8. The van der Waals surface area contributed by atoms with E-state index in [4.69, 9.17) is 0 Å². The third-order valence-electron chi connectivity index (χ3n) is 5.76. The maximum atomic E-state index is 12.5. The van der Waals surface area contributed by atoms with Crippen molar-refractivity contribution >= 4 is 28.2 Å². The first-order valence-corrected chi connectivity index (χ1v) is 10.7. The molecule has 5 rings (SSSR count). The van der Waals surface area contributed by atoms with Crippen LogP contribution in [0.25, 0.3) is 10.9 Å². The molecule has 1 aliphatic rings. The first-order valence-electron chi connectivity index (χ1n) is 10.7. The molecule has 180 valence electrons. The molecule has 4 aromatic rings. The molecule has 0 fully saturated rings. The number of hydrogen-bond donors (Lipinski definition) is 2. The normalized spacial score (nSPS) is 13.5. The number of aromatic amines is 1. The van der Waals surface area contributed by atoms with E-state index >= 15 is 0 Å². The minimum atomic E-state index is -4.81. The number of hydrogen-bond acceptors (Lipinski definition) is 7. The number of para-hydroxylation sites is 1. The molecule has 0 atom stereocenters. The highest BCUT2D eigenvalue weighted by atomic mass is 19.4. The first kappa shape index (κ1) is 22.4. The van der Waals surface area contributed by atoms with Crippen LogP contribution in [0.3, 0.4) is 0 Å². The molecule has 0 aliphatic carbocycles. The Morgan fingerprint density at radius 3 is 2.80 bits per heavy atom. The molecule has 0 saturated heterocycles. The Morgan fingerprint density at radius 1 is 1.17 bits per heavy atom. The topological polar surface area (TPSA) is 109 Å². The average Bonchev–Trinajstić information content (AvgIpc) is 3.19. The molecular formula is C23H19F3N6O3. The fraction of sp³-hybridized carbons (Fsp3) is 0.217. The maximum absolute atomic E-state index is 12.5. The van der Waals surface area contributed by atoms with Gasteiger partial charge < -0.3 is 19.9 Å². The van der Waals surface area contributed by atoms with Crippen molar-refractivity contribution in [2.45, 2.75) is 25.9 Å². The van der Waals surface area contributed by atoms with E-state index in [0.717, 1.165) is 16.6 Å². The Labute approximate surface area is 196 Å². The smallest absolute Gasteiger partial charge is 0.406 e. The number of halogens is 3. The summed E-state index contributed by atoms with van der Waals surface area (Å²) in [6.45, 7) is 0.944. The molecule has 1 aliphatic heterocycles. The van der Waals surface area contributed by atoms with Gasteiger partial charge in [-0.05, 0) is 35.7 Å². The molecule has 0 bridgehead atoms. The highest BCUT2D eigenvalue weighted by molar-refractivity contribution is 5.85. The van der Waals surface area contributed by atoms with Gasteiger partial charge in [0.1, 0.15) is 12.1 Å². The molecule has 9 nitrogen and oxygen atoms in total. The van der Waals surface area contributed by atoms with Crippen LogP contribution in [-0.4, -0.2) is 32.8 Å². The number of benzene rings is 2. The quantitative estimate of drug-likeness (QED) is 0.295. The molecule has 0 saturated carbocycles. The fourth-order valence-electron chi connectivity index (χ4n) is 4.31. The van der Waals surface area contributed by atoms with Gasteiger partial charge in [-0.2, -0.15) is 0 Å². The lowest BCUT2D eigenvalue weighted by atomic mass is 10.0. The third-order valence-corrected chi connectivity index (χ3v) is 5.76. The van der Waals surface area contributed by atoms with Crippen LogP contribution in [-0.2, 0) is 19.5 Å². The van der Waals surface area contributed by atoms with Crippen molar-refractivity contribution in [3.8, 4) is 5.75 Å². The van der Waals surface area contributed by atoms with Crippen LogP contribution in [0.15, 0.2) is 54.9 Å². The van der Waals surface area contributed by atoms with Crippen molar-refractivity contribution in [1.82, 2.24) is 15.0 Å². The summed E-state index contributed by atoms with van der Waals surface area (Å²) in [6.07, 6.45) is -2.89. The Balaban J connectivity index is 1.39. The Hall–Kier alpha value is -4.35. The number of H-pyrrole nitrogens is 1. The number of nitrogens with zero attached hydrogens (tertiary/aromatic N) is 4. The highest BCUT2D eigenvalue weighted by Gasteiger charge is 2.32. The van der Waals surface area contributed by atoms with Gasteiger partial charge in [-0.15, -0.1) is 13.2 Å². The molecule has 0 radical (unpaired) electrons. The van der Waals surface area contributed by atoms with Crippen LogP contribution >= 0.6 is 0 Å². The molecule has 35 heavy (non-hydrogen) atoms. The van der Waals surface area contributed by atoms with Gasteiger partial charge in [0.25, 0.3) is 0 Å². The zero-order valence-electron chi connectivity index (χ0n) is 18.2. The number of nitro groups is 1. The summed E-state index contributed by atoms with van der Waals surface area (Å²) in [7, 11) is 0. The molecule has 0 spiro atoms. The number of alkyl halides is 3. The van der Waals surface area contributed by atoms with E-state index in [9.17, 15) is 23.3 Å². The summed E-state index contributed by atoms with van der Waals surface area (Å²) >= 11 is 0. The van der Waals surface area contributed by atoms with E-state index in [2.05, 4.69) is 25.0 Å². The van der Waals surface area contributed by atoms with Crippen molar-refractivity contribution in [2.24, 2.45) is 0 Å². The second kappa shape index (κ2) is 8.78. The number of rotatable bonds is 6. The van der Waals surface area contributed by atoms with Crippen molar-refractivity contribution in [3.05, 3.63) is 81.8 Å². The van der Waals surface area contributed by atoms with E-state index in [1.807, 2.05) is 29.2 Å². The van der Waals surface area contributed by atoms with E-state index in [1.165, 1.54) is 30.1 Å². The van der Waals surface area contributed by atoms with Gasteiger partial charge in [-0.1, -0.05) is 30.3 Å². The lowest BCUT2D eigenvalue weighted by Crippen LogP contribution is -2.31. The van der Waals surface area contributed by atoms with Crippen LogP contribution in [0.4, 0.5) is 30.5 Å². The number of nitrogens with one attached hydrogen (secondary N) is 2. The largest absolute Gasteiger partial charge is 0.573 e. The van der Waals surface area contributed by atoms with Crippen LogP contribution in [0, 0.1) is 10.1 Å². The zero-order valence-corrected chi connectivity index (χ0v) is 18.2. The SMILES string of the molecule is O=[N+]([O-])c1c(NCc2cccc(OC(F)(F)F)c2)ncnc1N1CCc2c([nH]c3ccccc23)C1. The van der Waals surface area contributed by atoms with Gasteiger partial charge in [0.2, 0.25) is 11.6 Å². The second-order valence-electron chi connectivity index (χ2n) is 8.00. The number of anilines is 2. The van der Waals surface area contributed by atoms with E-state index in [-0.39, 0.29) is 29.6 Å². The molecule has 3 heterocycles. The Morgan fingerprint density at radius 2 is 2.00 bits per heavy atom. The van der Waals surface area contributed by atoms with Gasteiger partial charge in [0, 0.05) is 29.7 Å². The van der Waals surface area contributed by atoms with E-state index in [1.54, 1.807) is 6.07 Å². The molecule has 2 aromatic heterocycles. The summed E-state index contributed by atoms with van der Waals surface area (Å²) in [6, 6.07) is 13.3. The molecular weight excluding hydrogens is 465 g/mol. The second-order valence-corrected chi connectivity index (χ2v) is 8.00. The monoisotopic (exact) mass is 484 g/mol. The van der Waals surface area contributed by atoms with Crippen LogP contribution in [0.1, 0.15) is 16.8 Å². The van der Waals surface area contributed by atoms with Crippen molar-refractivity contribution in [2.75, 3.05) is 16.8 Å². The predicted molar refractivity (Wildman–Crippen MR) is 122 cm³/mol. The standard InChI is InChI=1S/C23H19F3N6O3/c24-23(25,26)35-15-5-3-4-14(10-15)11-27-21-20(32(33)34)22(29-13-28-21)31-9-8-17-16-6-1-2-7-18(16)30-19(17)12-31/h1-7,10,13,30H,8-9,11-12H2,(H,27,28,29). The van der Waals surface area contributed by atoms with E-state index in [0.29, 0.717) is 25.1 Å². The maximum Gasteiger partial charge on any atom is 0.573 e. The number of aromatic nitrogens is 3. The molecule has 2 aromatic carbocycles.